The first kappa shape index (κ1) is 14.3. The van der Waals surface area contributed by atoms with Crippen LogP contribution < -0.4 is 10.6 Å². The van der Waals surface area contributed by atoms with Crippen molar-refractivity contribution in [2.24, 2.45) is 0 Å². The largest absolute Gasteiger partial charge is 0.361 e. The number of rotatable bonds is 5. The summed E-state index contributed by atoms with van der Waals surface area (Å²) in [7, 11) is 0. The van der Waals surface area contributed by atoms with Crippen LogP contribution in [-0.4, -0.2) is 17.6 Å². The number of carbonyl (C=O) groups is 1. The summed E-state index contributed by atoms with van der Waals surface area (Å²) in [5.74, 6) is 0.347. The topological polar surface area (TPSA) is 67.2 Å². The first-order valence-corrected chi connectivity index (χ1v) is 6.68. The van der Waals surface area contributed by atoms with E-state index in [1.807, 2.05) is 24.3 Å². The Kier molecular flexibility index (Phi) is 4.53. The molecule has 1 amide bonds. The highest BCUT2D eigenvalue weighted by molar-refractivity contribution is 6.02. The van der Waals surface area contributed by atoms with Gasteiger partial charge in [0, 0.05) is 17.8 Å². The third-order valence-corrected chi connectivity index (χ3v) is 3.02. The van der Waals surface area contributed by atoms with Crippen molar-refractivity contribution in [2.45, 2.75) is 26.8 Å². The maximum atomic E-state index is 12.0. The van der Waals surface area contributed by atoms with Gasteiger partial charge in [0.1, 0.15) is 5.76 Å². The Hall–Kier alpha value is -2.14. The summed E-state index contributed by atoms with van der Waals surface area (Å²) >= 11 is 0. The minimum atomic E-state index is -0.268. The molecule has 5 nitrogen and oxygen atoms in total. The maximum absolute atomic E-state index is 12.0. The molecule has 0 spiro atoms. The number of hydrogen-bond acceptors (Lipinski definition) is 4. The zero-order valence-electron chi connectivity index (χ0n) is 11.9. The smallest absolute Gasteiger partial charge is 0.277 e. The van der Waals surface area contributed by atoms with Crippen molar-refractivity contribution in [1.82, 2.24) is 10.5 Å². The van der Waals surface area contributed by atoms with Gasteiger partial charge in [0.2, 0.25) is 0 Å². The average Bonchev–Trinajstić information content (AvgIpc) is 2.86. The van der Waals surface area contributed by atoms with Crippen LogP contribution in [0.4, 0.5) is 5.69 Å². The number of nitrogens with one attached hydrogen (secondary N) is 2. The molecule has 20 heavy (non-hydrogen) atoms. The van der Waals surface area contributed by atoms with Gasteiger partial charge in [-0.05, 0) is 38.1 Å². The monoisotopic (exact) mass is 273 g/mol. The molecule has 1 aromatic heterocycles. The molecule has 0 saturated heterocycles. The van der Waals surface area contributed by atoms with Crippen LogP contribution in [0.25, 0.3) is 0 Å². The molecule has 106 valence electrons. The van der Waals surface area contributed by atoms with Crippen molar-refractivity contribution < 1.29 is 9.32 Å². The Labute approximate surface area is 118 Å². The number of amides is 1. The van der Waals surface area contributed by atoms with E-state index in [1.165, 1.54) is 0 Å². The highest BCUT2D eigenvalue weighted by Crippen LogP contribution is 2.18. The summed E-state index contributed by atoms with van der Waals surface area (Å²) in [6.07, 6.45) is 0. The molecule has 1 aromatic carbocycles. The van der Waals surface area contributed by atoms with Crippen molar-refractivity contribution in [3.63, 3.8) is 0 Å². The summed E-state index contributed by atoms with van der Waals surface area (Å²) in [4.78, 5) is 12.0. The molecule has 0 fully saturated rings. The van der Waals surface area contributed by atoms with Gasteiger partial charge in [-0.15, -0.1) is 0 Å². The molecular weight excluding hydrogens is 254 g/mol. The summed E-state index contributed by atoms with van der Waals surface area (Å²) in [5.41, 5.74) is 2.16. The fourth-order valence-corrected chi connectivity index (χ4v) is 1.98. The van der Waals surface area contributed by atoms with E-state index in [-0.39, 0.29) is 17.6 Å². The van der Waals surface area contributed by atoms with Gasteiger partial charge >= 0.3 is 0 Å². The van der Waals surface area contributed by atoms with E-state index in [0.29, 0.717) is 5.76 Å². The Morgan fingerprint density at radius 2 is 2.20 bits per heavy atom. The van der Waals surface area contributed by atoms with Crippen molar-refractivity contribution in [3.05, 3.63) is 47.3 Å². The number of anilines is 1. The molecule has 0 bridgehead atoms. The molecule has 0 radical (unpaired) electrons. The molecule has 0 aliphatic carbocycles. The van der Waals surface area contributed by atoms with Crippen LogP contribution in [0.2, 0.25) is 0 Å². The molecule has 2 aromatic rings. The van der Waals surface area contributed by atoms with Crippen molar-refractivity contribution in [1.29, 1.82) is 0 Å². The molecule has 5 heteroatoms. The van der Waals surface area contributed by atoms with E-state index in [4.69, 9.17) is 4.52 Å². The zero-order chi connectivity index (χ0) is 14.5. The van der Waals surface area contributed by atoms with Gasteiger partial charge in [-0.1, -0.05) is 24.2 Å². The minimum absolute atomic E-state index is 0.242. The van der Waals surface area contributed by atoms with Crippen LogP contribution in [0.3, 0.4) is 0 Å². The zero-order valence-corrected chi connectivity index (χ0v) is 11.9. The lowest BCUT2D eigenvalue weighted by Gasteiger charge is -2.14. The first-order valence-electron chi connectivity index (χ1n) is 6.68. The Morgan fingerprint density at radius 1 is 1.40 bits per heavy atom. The lowest BCUT2D eigenvalue weighted by Crippen LogP contribution is -2.18. The SMILES string of the molecule is CCNC(C)c1cccc(NC(=O)c2cc(C)on2)c1. The van der Waals surface area contributed by atoms with Crippen LogP contribution in [0.5, 0.6) is 0 Å². The van der Waals surface area contributed by atoms with Crippen LogP contribution in [0.1, 0.15) is 41.7 Å². The third kappa shape index (κ3) is 3.45. The molecule has 1 atom stereocenters. The fourth-order valence-electron chi connectivity index (χ4n) is 1.98. The van der Waals surface area contributed by atoms with Crippen LogP contribution in [-0.2, 0) is 0 Å². The second-order valence-electron chi connectivity index (χ2n) is 4.68. The van der Waals surface area contributed by atoms with E-state index >= 15 is 0 Å². The number of benzene rings is 1. The number of hydrogen-bond donors (Lipinski definition) is 2. The van der Waals surface area contributed by atoms with Crippen molar-refractivity contribution >= 4 is 11.6 Å². The van der Waals surface area contributed by atoms with Crippen molar-refractivity contribution in [3.8, 4) is 0 Å². The van der Waals surface area contributed by atoms with E-state index in [0.717, 1.165) is 17.8 Å². The van der Waals surface area contributed by atoms with Crippen LogP contribution in [0.15, 0.2) is 34.9 Å². The van der Waals surface area contributed by atoms with Gasteiger partial charge in [-0.25, -0.2) is 0 Å². The molecule has 0 saturated carbocycles. The van der Waals surface area contributed by atoms with Gasteiger partial charge in [-0.3, -0.25) is 4.79 Å². The van der Waals surface area contributed by atoms with E-state index < -0.39 is 0 Å². The van der Waals surface area contributed by atoms with E-state index in [9.17, 15) is 4.79 Å². The molecule has 1 unspecified atom stereocenters. The molecule has 0 aliphatic heterocycles. The predicted molar refractivity (Wildman–Crippen MR) is 77.7 cm³/mol. The lowest BCUT2D eigenvalue weighted by molar-refractivity contribution is 0.101. The third-order valence-electron chi connectivity index (χ3n) is 3.02. The van der Waals surface area contributed by atoms with Gasteiger partial charge < -0.3 is 15.2 Å². The summed E-state index contributed by atoms with van der Waals surface area (Å²) in [6.45, 7) is 6.80. The Morgan fingerprint density at radius 3 is 2.85 bits per heavy atom. The second-order valence-corrected chi connectivity index (χ2v) is 4.68. The standard InChI is InChI=1S/C15H19N3O2/c1-4-16-11(3)12-6-5-7-13(9-12)17-15(19)14-8-10(2)20-18-14/h5-9,11,16H,4H2,1-3H3,(H,17,19). The number of nitrogens with zero attached hydrogens (tertiary/aromatic N) is 1. The van der Waals surface area contributed by atoms with E-state index in [2.05, 4.69) is 29.6 Å². The first-order chi connectivity index (χ1) is 9.60. The number of carbonyl (C=O) groups excluding carboxylic acids is 1. The van der Waals surface area contributed by atoms with Crippen LogP contribution in [0, 0.1) is 6.92 Å². The summed E-state index contributed by atoms with van der Waals surface area (Å²) in [5, 5.41) is 9.86. The second kappa shape index (κ2) is 6.34. The van der Waals surface area contributed by atoms with Gasteiger partial charge in [0.25, 0.3) is 5.91 Å². The lowest BCUT2D eigenvalue weighted by atomic mass is 10.1. The molecule has 2 rings (SSSR count). The average molecular weight is 273 g/mol. The van der Waals surface area contributed by atoms with Gasteiger partial charge in [0.15, 0.2) is 5.69 Å². The highest BCUT2D eigenvalue weighted by atomic mass is 16.5. The quantitative estimate of drug-likeness (QED) is 0.879. The van der Waals surface area contributed by atoms with Crippen LogP contribution >= 0.6 is 0 Å². The van der Waals surface area contributed by atoms with Gasteiger partial charge in [-0.2, -0.15) is 0 Å². The molecular formula is C15H19N3O2. The molecule has 2 N–H and O–H groups in total. The molecule has 1 heterocycles. The summed E-state index contributed by atoms with van der Waals surface area (Å²) < 4.78 is 4.90. The van der Waals surface area contributed by atoms with Gasteiger partial charge in [0.05, 0.1) is 0 Å². The maximum Gasteiger partial charge on any atom is 0.277 e. The molecule has 0 aliphatic rings. The van der Waals surface area contributed by atoms with Crippen molar-refractivity contribution in [2.75, 3.05) is 11.9 Å². The fraction of sp³-hybridized carbons (Fsp3) is 0.333. The normalized spacial score (nSPS) is 12.2. The predicted octanol–water partition coefficient (Wildman–Crippen LogP) is 2.91. The highest BCUT2D eigenvalue weighted by Gasteiger charge is 2.12. The Balaban J connectivity index is 2.09. The van der Waals surface area contributed by atoms with E-state index in [1.54, 1.807) is 13.0 Å². The minimum Gasteiger partial charge on any atom is -0.361 e. The number of aromatic nitrogens is 1. The number of aryl methyl sites for hydroxylation is 1. The summed E-state index contributed by atoms with van der Waals surface area (Å²) in [6, 6.07) is 9.62. The Bertz CT molecular complexity index is 592.